The Balaban J connectivity index is 1.32. The van der Waals surface area contributed by atoms with Crippen LogP contribution >= 0.6 is 23.2 Å². The van der Waals surface area contributed by atoms with E-state index in [0.29, 0.717) is 32.6 Å². The van der Waals surface area contributed by atoms with Gasteiger partial charge in [0.2, 0.25) is 0 Å². The van der Waals surface area contributed by atoms with Crippen molar-refractivity contribution in [2.45, 2.75) is 32.8 Å². The summed E-state index contributed by atoms with van der Waals surface area (Å²) in [6.07, 6.45) is 0.717. The number of rotatable bonds is 8. The zero-order valence-electron chi connectivity index (χ0n) is 20.7. The van der Waals surface area contributed by atoms with E-state index in [0.717, 1.165) is 34.3 Å². The second-order valence-corrected chi connectivity index (χ2v) is 10.1. The maximum Gasteiger partial charge on any atom is 0.354 e. The van der Waals surface area contributed by atoms with E-state index in [2.05, 4.69) is 10.1 Å². The normalized spacial score (nSPS) is 11.3. The highest BCUT2D eigenvalue weighted by atomic mass is 35.5. The van der Waals surface area contributed by atoms with Gasteiger partial charge in [-0.2, -0.15) is 0 Å². The fourth-order valence-electron chi connectivity index (χ4n) is 4.33. The Hall–Kier alpha value is -3.87. The summed E-state index contributed by atoms with van der Waals surface area (Å²) >= 11 is 12.9. The second kappa shape index (κ2) is 10.9. The number of aromatic nitrogens is 2. The lowest BCUT2D eigenvalue weighted by Gasteiger charge is -2.11. The summed E-state index contributed by atoms with van der Waals surface area (Å²) in [4.78, 5) is 15.3. The summed E-state index contributed by atoms with van der Waals surface area (Å²) in [5.41, 5.74) is 4.94. The van der Waals surface area contributed by atoms with Crippen molar-refractivity contribution in [2.75, 3.05) is 0 Å². The lowest BCUT2D eigenvalue weighted by molar-refractivity contribution is 0.0691. The predicted octanol–water partition coefficient (Wildman–Crippen LogP) is 8.19. The molecule has 5 rings (SSSR count). The van der Waals surface area contributed by atoms with Crippen LogP contribution in [0.4, 0.5) is 0 Å². The van der Waals surface area contributed by atoms with Gasteiger partial charge in [0, 0.05) is 16.9 Å². The van der Waals surface area contributed by atoms with Gasteiger partial charge in [-0.3, -0.25) is 0 Å². The van der Waals surface area contributed by atoms with Crippen LogP contribution in [0.2, 0.25) is 10.0 Å². The molecule has 0 aliphatic heterocycles. The fourth-order valence-corrected chi connectivity index (χ4v) is 4.91. The van der Waals surface area contributed by atoms with E-state index in [1.807, 2.05) is 56.3 Å². The first kappa shape index (κ1) is 25.8. The van der Waals surface area contributed by atoms with Crippen molar-refractivity contribution < 1.29 is 19.2 Å². The van der Waals surface area contributed by atoms with Crippen LogP contribution in [-0.4, -0.2) is 21.2 Å². The number of fused-ring (bicyclic) bond motifs is 1. The van der Waals surface area contributed by atoms with Crippen LogP contribution in [0, 0.1) is 0 Å². The molecular weight excluding hydrogens is 523 g/mol. The van der Waals surface area contributed by atoms with Crippen LogP contribution in [0.5, 0.6) is 5.75 Å². The number of nitrogens with zero attached hydrogens (tertiary/aromatic N) is 2. The number of pyridine rings is 1. The van der Waals surface area contributed by atoms with Gasteiger partial charge in [0.05, 0.1) is 21.1 Å². The smallest absolute Gasteiger partial charge is 0.354 e. The number of hydrogen-bond donors (Lipinski definition) is 1. The van der Waals surface area contributed by atoms with Crippen LogP contribution < -0.4 is 4.74 Å². The standard InChI is InChI=1S/C30H24Cl2N2O4/c1-17(2)29-22(28(34-38-29)27-23(31)4-3-5-24(27)32)16-37-21-10-6-18(7-11-21)14-19-8-12-25-20(15-19)9-13-26(33-25)30(35)36/h3-13,15,17H,14,16H2,1-2H3,(H,35,36). The Morgan fingerprint density at radius 3 is 2.37 bits per heavy atom. The highest BCUT2D eigenvalue weighted by Crippen LogP contribution is 2.38. The minimum absolute atomic E-state index is 0.0367. The Morgan fingerprint density at radius 1 is 0.974 bits per heavy atom. The van der Waals surface area contributed by atoms with E-state index in [4.69, 9.17) is 37.6 Å². The van der Waals surface area contributed by atoms with Crippen molar-refractivity contribution in [3.05, 3.63) is 111 Å². The third-order valence-electron chi connectivity index (χ3n) is 6.23. The molecule has 0 aliphatic rings. The lowest BCUT2D eigenvalue weighted by atomic mass is 10.0. The predicted molar refractivity (Wildman–Crippen MR) is 148 cm³/mol. The number of benzene rings is 3. The second-order valence-electron chi connectivity index (χ2n) is 9.26. The topological polar surface area (TPSA) is 85.5 Å². The van der Waals surface area contributed by atoms with Gasteiger partial charge in [0.1, 0.15) is 29.5 Å². The van der Waals surface area contributed by atoms with Crippen molar-refractivity contribution in [1.29, 1.82) is 0 Å². The Bertz CT molecular complexity index is 1610. The van der Waals surface area contributed by atoms with Gasteiger partial charge in [0.15, 0.2) is 0 Å². The summed E-state index contributed by atoms with van der Waals surface area (Å²) < 4.78 is 11.8. The molecule has 0 amide bonds. The number of carbonyl (C=O) groups is 1. The lowest BCUT2D eigenvalue weighted by Crippen LogP contribution is -2.01. The van der Waals surface area contributed by atoms with E-state index in [1.165, 1.54) is 6.07 Å². The first-order valence-corrected chi connectivity index (χ1v) is 12.8. The van der Waals surface area contributed by atoms with Gasteiger partial charge < -0.3 is 14.4 Å². The minimum Gasteiger partial charge on any atom is -0.489 e. The number of ether oxygens (including phenoxy) is 1. The monoisotopic (exact) mass is 546 g/mol. The fraction of sp³-hybridized carbons (Fsp3) is 0.167. The molecule has 8 heteroatoms. The summed E-state index contributed by atoms with van der Waals surface area (Å²) in [5.74, 6) is 0.511. The molecule has 0 radical (unpaired) electrons. The molecule has 6 nitrogen and oxygen atoms in total. The minimum atomic E-state index is -1.04. The molecule has 0 aliphatic carbocycles. The van der Waals surface area contributed by atoms with Crippen molar-refractivity contribution in [3.8, 4) is 17.0 Å². The van der Waals surface area contributed by atoms with Crippen LogP contribution in [0.1, 0.15) is 52.7 Å². The first-order chi connectivity index (χ1) is 18.3. The molecule has 0 saturated heterocycles. The van der Waals surface area contributed by atoms with E-state index in [1.54, 1.807) is 24.3 Å². The molecule has 192 valence electrons. The van der Waals surface area contributed by atoms with Crippen LogP contribution in [0.15, 0.2) is 77.3 Å². The molecule has 3 aromatic carbocycles. The van der Waals surface area contributed by atoms with Crippen LogP contribution in [0.25, 0.3) is 22.2 Å². The maximum absolute atomic E-state index is 11.2. The van der Waals surface area contributed by atoms with E-state index < -0.39 is 5.97 Å². The first-order valence-electron chi connectivity index (χ1n) is 12.1. The zero-order chi connectivity index (χ0) is 26.8. The highest BCUT2D eigenvalue weighted by Gasteiger charge is 2.23. The Labute approximate surface area is 229 Å². The van der Waals surface area contributed by atoms with Crippen molar-refractivity contribution >= 4 is 40.1 Å². The summed E-state index contributed by atoms with van der Waals surface area (Å²) in [6.45, 7) is 4.32. The molecule has 2 aromatic heterocycles. The maximum atomic E-state index is 11.2. The number of hydrogen-bond acceptors (Lipinski definition) is 5. The average molecular weight is 547 g/mol. The highest BCUT2D eigenvalue weighted by molar-refractivity contribution is 6.39. The van der Waals surface area contributed by atoms with Crippen molar-refractivity contribution in [1.82, 2.24) is 10.1 Å². The van der Waals surface area contributed by atoms with Crippen LogP contribution in [-0.2, 0) is 13.0 Å². The number of aromatic carboxylic acids is 1. The number of carboxylic acids is 1. The molecule has 2 heterocycles. The van der Waals surface area contributed by atoms with Crippen molar-refractivity contribution in [2.24, 2.45) is 0 Å². The van der Waals surface area contributed by atoms with E-state index in [-0.39, 0.29) is 18.2 Å². The van der Waals surface area contributed by atoms with Gasteiger partial charge >= 0.3 is 5.97 Å². The van der Waals surface area contributed by atoms with E-state index in [9.17, 15) is 4.79 Å². The largest absolute Gasteiger partial charge is 0.489 e. The van der Waals surface area contributed by atoms with Crippen molar-refractivity contribution in [3.63, 3.8) is 0 Å². The molecule has 5 aromatic rings. The molecule has 0 unspecified atom stereocenters. The van der Waals surface area contributed by atoms with Gasteiger partial charge in [-0.1, -0.05) is 72.5 Å². The molecule has 0 bridgehead atoms. The Morgan fingerprint density at radius 2 is 1.68 bits per heavy atom. The molecule has 38 heavy (non-hydrogen) atoms. The SMILES string of the molecule is CC(C)c1onc(-c2c(Cl)cccc2Cl)c1COc1ccc(Cc2ccc3nc(C(=O)O)ccc3c2)cc1. The molecule has 0 fully saturated rings. The quantitative estimate of drug-likeness (QED) is 0.211. The van der Waals surface area contributed by atoms with E-state index >= 15 is 0 Å². The van der Waals surface area contributed by atoms with Gasteiger partial charge in [-0.25, -0.2) is 9.78 Å². The summed E-state index contributed by atoms with van der Waals surface area (Å²) in [5, 5.41) is 15.3. The molecule has 0 atom stereocenters. The van der Waals surface area contributed by atoms with Gasteiger partial charge in [-0.15, -0.1) is 0 Å². The number of halogens is 2. The summed E-state index contributed by atoms with van der Waals surface area (Å²) in [7, 11) is 0. The van der Waals surface area contributed by atoms with Gasteiger partial charge in [-0.05, 0) is 60.0 Å². The number of carboxylic acid groups (broad SMARTS) is 1. The third kappa shape index (κ3) is 5.37. The molecule has 1 N–H and O–H groups in total. The molecule has 0 saturated carbocycles. The molecule has 0 spiro atoms. The van der Waals surface area contributed by atoms with Crippen LogP contribution in [0.3, 0.4) is 0 Å². The average Bonchev–Trinajstić information content (AvgIpc) is 3.31. The zero-order valence-corrected chi connectivity index (χ0v) is 22.3. The summed E-state index contributed by atoms with van der Waals surface area (Å²) in [6, 6.07) is 22.4. The van der Waals surface area contributed by atoms with Gasteiger partial charge in [0.25, 0.3) is 0 Å². The Kier molecular flexibility index (Phi) is 7.36. The third-order valence-corrected chi connectivity index (χ3v) is 6.86. The molecular formula is C30H24Cl2N2O4.